The van der Waals surface area contributed by atoms with Crippen LogP contribution in [0.5, 0.6) is 0 Å². The Kier molecular flexibility index (Phi) is 4.98. The highest BCUT2D eigenvalue weighted by molar-refractivity contribution is 5.75. The number of amides is 2. The molecule has 1 aliphatic carbocycles. The lowest BCUT2D eigenvalue weighted by atomic mass is 9.98. The van der Waals surface area contributed by atoms with Crippen molar-refractivity contribution < 1.29 is 9.32 Å². The SMILES string of the molecule is CC(C)[C@H](NC(=O)NC(C)(C)C)c1nc(C2(N)CCCC2)no1. The van der Waals surface area contributed by atoms with Crippen LogP contribution in [-0.2, 0) is 5.54 Å². The summed E-state index contributed by atoms with van der Waals surface area (Å²) in [5.74, 6) is 1.08. The number of rotatable bonds is 4. The number of hydrogen-bond donors (Lipinski definition) is 3. The van der Waals surface area contributed by atoms with Crippen molar-refractivity contribution in [2.45, 2.75) is 77.4 Å². The molecular formula is C16H29N5O2. The van der Waals surface area contributed by atoms with E-state index in [0.717, 1.165) is 25.7 Å². The van der Waals surface area contributed by atoms with Gasteiger partial charge in [0.15, 0.2) is 5.82 Å². The van der Waals surface area contributed by atoms with Gasteiger partial charge < -0.3 is 20.9 Å². The topological polar surface area (TPSA) is 106 Å². The fourth-order valence-corrected chi connectivity index (χ4v) is 2.82. The molecule has 0 aromatic carbocycles. The Balaban J connectivity index is 2.12. The minimum Gasteiger partial charge on any atom is -0.337 e. The number of hydrogen-bond acceptors (Lipinski definition) is 5. The predicted molar refractivity (Wildman–Crippen MR) is 87.6 cm³/mol. The van der Waals surface area contributed by atoms with Crippen LogP contribution < -0.4 is 16.4 Å². The second-order valence-corrected chi connectivity index (χ2v) is 7.89. The number of carbonyl (C=O) groups excluding carboxylic acids is 1. The molecule has 2 rings (SSSR count). The molecule has 1 fully saturated rings. The van der Waals surface area contributed by atoms with E-state index in [2.05, 4.69) is 20.8 Å². The number of urea groups is 1. The molecule has 0 radical (unpaired) electrons. The first-order chi connectivity index (χ1) is 10.6. The Morgan fingerprint density at radius 1 is 1.30 bits per heavy atom. The summed E-state index contributed by atoms with van der Waals surface area (Å²) in [4.78, 5) is 16.6. The van der Waals surface area contributed by atoms with Crippen LogP contribution in [0.2, 0.25) is 0 Å². The maximum Gasteiger partial charge on any atom is 0.315 e. The van der Waals surface area contributed by atoms with E-state index >= 15 is 0 Å². The summed E-state index contributed by atoms with van der Waals surface area (Å²) in [5, 5.41) is 9.87. The Morgan fingerprint density at radius 3 is 2.43 bits per heavy atom. The van der Waals surface area contributed by atoms with Crippen LogP contribution >= 0.6 is 0 Å². The van der Waals surface area contributed by atoms with E-state index in [4.69, 9.17) is 10.3 Å². The minimum absolute atomic E-state index is 0.117. The molecule has 7 heteroatoms. The Bertz CT molecular complexity index is 541. The average Bonchev–Trinajstić information content (AvgIpc) is 3.03. The third kappa shape index (κ3) is 4.43. The quantitative estimate of drug-likeness (QED) is 0.789. The maximum atomic E-state index is 12.1. The summed E-state index contributed by atoms with van der Waals surface area (Å²) in [6.07, 6.45) is 3.91. The molecule has 0 bridgehead atoms. The van der Waals surface area contributed by atoms with E-state index in [1.165, 1.54) is 0 Å². The lowest BCUT2D eigenvalue weighted by molar-refractivity contribution is 0.216. The summed E-state index contributed by atoms with van der Waals surface area (Å²) in [7, 11) is 0. The van der Waals surface area contributed by atoms with Gasteiger partial charge in [-0.15, -0.1) is 0 Å². The predicted octanol–water partition coefficient (Wildman–Crippen LogP) is 2.59. The molecule has 1 aliphatic rings. The lowest BCUT2D eigenvalue weighted by Gasteiger charge is -2.24. The van der Waals surface area contributed by atoms with Crippen LogP contribution in [0.15, 0.2) is 4.52 Å². The fourth-order valence-electron chi connectivity index (χ4n) is 2.82. The largest absolute Gasteiger partial charge is 0.337 e. The fraction of sp³-hybridized carbons (Fsp3) is 0.812. The highest BCUT2D eigenvalue weighted by atomic mass is 16.5. The Hall–Kier alpha value is -1.63. The van der Waals surface area contributed by atoms with Gasteiger partial charge >= 0.3 is 6.03 Å². The van der Waals surface area contributed by atoms with Gasteiger partial charge in [0.05, 0.1) is 5.54 Å². The molecule has 0 saturated heterocycles. The van der Waals surface area contributed by atoms with Crippen molar-refractivity contribution in [2.75, 3.05) is 0 Å². The molecule has 0 aliphatic heterocycles. The van der Waals surface area contributed by atoms with Gasteiger partial charge in [-0.25, -0.2) is 4.79 Å². The molecule has 1 aromatic heterocycles. The van der Waals surface area contributed by atoms with Gasteiger partial charge in [0, 0.05) is 5.54 Å². The first-order valence-corrected chi connectivity index (χ1v) is 8.32. The van der Waals surface area contributed by atoms with Gasteiger partial charge in [0.25, 0.3) is 0 Å². The maximum absolute atomic E-state index is 12.1. The summed E-state index contributed by atoms with van der Waals surface area (Å²) in [5.41, 5.74) is 5.57. The van der Waals surface area contributed by atoms with Gasteiger partial charge in [0.1, 0.15) is 6.04 Å². The Morgan fingerprint density at radius 2 is 1.91 bits per heavy atom. The Labute approximate surface area is 137 Å². The summed E-state index contributed by atoms with van der Waals surface area (Å²) in [6, 6.07) is -0.595. The van der Waals surface area contributed by atoms with Crippen molar-refractivity contribution in [1.29, 1.82) is 0 Å². The third-order valence-corrected chi connectivity index (χ3v) is 4.09. The normalized spacial score (nSPS) is 18.9. The van der Waals surface area contributed by atoms with Gasteiger partial charge in [-0.1, -0.05) is 31.8 Å². The molecule has 1 atom stereocenters. The van der Waals surface area contributed by atoms with Crippen LogP contribution in [0.3, 0.4) is 0 Å². The number of nitrogens with one attached hydrogen (secondary N) is 2. The lowest BCUT2D eigenvalue weighted by Crippen LogP contribution is -2.48. The zero-order chi connectivity index (χ0) is 17.3. The zero-order valence-electron chi connectivity index (χ0n) is 14.8. The van der Waals surface area contributed by atoms with Gasteiger partial charge in [-0.2, -0.15) is 4.98 Å². The first-order valence-electron chi connectivity index (χ1n) is 8.32. The zero-order valence-corrected chi connectivity index (χ0v) is 14.8. The van der Waals surface area contributed by atoms with Crippen LogP contribution in [-0.4, -0.2) is 21.7 Å². The van der Waals surface area contributed by atoms with Crippen LogP contribution in [0.4, 0.5) is 4.79 Å². The summed E-state index contributed by atoms with van der Waals surface area (Å²) >= 11 is 0. The van der Waals surface area contributed by atoms with E-state index in [1.807, 2.05) is 34.6 Å². The highest BCUT2D eigenvalue weighted by Crippen LogP contribution is 2.35. The second-order valence-electron chi connectivity index (χ2n) is 7.89. The van der Waals surface area contributed by atoms with Crippen LogP contribution in [0.1, 0.15) is 78.1 Å². The average molecular weight is 323 g/mol. The van der Waals surface area contributed by atoms with Crippen molar-refractivity contribution in [2.24, 2.45) is 11.7 Å². The smallest absolute Gasteiger partial charge is 0.315 e. The van der Waals surface area contributed by atoms with Crippen molar-refractivity contribution in [3.8, 4) is 0 Å². The second kappa shape index (κ2) is 6.47. The molecular weight excluding hydrogens is 294 g/mol. The van der Waals surface area contributed by atoms with E-state index in [-0.39, 0.29) is 23.5 Å². The number of nitrogens with zero attached hydrogens (tertiary/aromatic N) is 2. The van der Waals surface area contributed by atoms with Gasteiger partial charge in [-0.05, 0) is 39.5 Å². The standard InChI is InChI=1S/C16H29N5O2/c1-10(2)11(18-14(22)20-15(3,4)5)12-19-13(21-23-12)16(17)8-6-7-9-16/h10-11H,6-9,17H2,1-5H3,(H2,18,20,22)/t11-/m0/s1. The van der Waals surface area contributed by atoms with Crippen molar-refractivity contribution >= 4 is 6.03 Å². The molecule has 0 spiro atoms. The molecule has 1 saturated carbocycles. The molecule has 23 heavy (non-hydrogen) atoms. The number of carbonyl (C=O) groups is 1. The first kappa shape index (κ1) is 17.7. The molecule has 4 N–H and O–H groups in total. The molecule has 2 amide bonds. The van der Waals surface area contributed by atoms with Crippen molar-refractivity contribution in [3.05, 3.63) is 11.7 Å². The van der Waals surface area contributed by atoms with E-state index in [0.29, 0.717) is 11.7 Å². The third-order valence-electron chi connectivity index (χ3n) is 4.09. The van der Waals surface area contributed by atoms with Crippen LogP contribution in [0.25, 0.3) is 0 Å². The van der Waals surface area contributed by atoms with E-state index in [9.17, 15) is 4.79 Å². The molecule has 130 valence electrons. The van der Waals surface area contributed by atoms with Gasteiger partial charge in [0.2, 0.25) is 5.89 Å². The molecule has 0 unspecified atom stereocenters. The van der Waals surface area contributed by atoms with E-state index in [1.54, 1.807) is 0 Å². The van der Waals surface area contributed by atoms with Gasteiger partial charge in [-0.3, -0.25) is 0 Å². The monoisotopic (exact) mass is 323 g/mol. The molecule has 1 aromatic rings. The number of nitrogens with two attached hydrogens (primary N) is 1. The highest BCUT2D eigenvalue weighted by Gasteiger charge is 2.37. The van der Waals surface area contributed by atoms with E-state index < -0.39 is 5.54 Å². The van der Waals surface area contributed by atoms with Crippen molar-refractivity contribution in [3.63, 3.8) is 0 Å². The number of aromatic nitrogens is 2. The summed E-state index contributed by atoms with van der Waals surface area (Å²) in [6.45, 7) is 9.79. The summed E-state index contributed by atoms with van der Waals surface area (Å²) < 4.78 is 5.41. The molecule has 7 nitrogen and oxygen atoms in total. The minimum atomic E-state index is -0.489. The molecule has 1 heterocycles. The van der Waals surface area contributed by atoms with Crippen LogP contribution in [0, 0.1) is 5.92 Å². The van der Waals surface area contributed by atoms with Crippen molar-refractivity contribution in [1.82, 2.24) is 20.8 Å².